The van der Waals surface area contributed by atoms with Crippen molar-refractivity contribution < 1.29 is 9.34 Å². The molecule has 1 saturated carbocycles. The molecule has 4 atom stereocenters. The van der Waals surface area contributed by atoms with Crippen LogP contribution in [0.15, 0.2) is 94.2 Å². The lowest BCUT2D eigenvalue weighted by atomic mass is 9.89. The Hall–Kier alpha value is -3.02. The van der Waals surface area contributed by atoms with Crippen LogP contribution in [0.2, 0.25) is 0 Å². The van der Waals surface area contributed by atoms with Crippen molar-refractivity contribution in [2.24, 2.45) is 0 Å². The Balaban J connectivity index is 1.51. The van der Waals surface area contributed by atoms with Gasteiger partial charge in [-0.05, 0) is 12.5 Å². The summed E-state index contributed by atoms with van der Waals surface area (Å²) in [5.41, 5.74) is 4.62. The normalized spacial score (nSPS) is 22.9. The molecule has 0 radical (unpaired) electrons. The summed E-state index contributed by atoms with van der Waals surface area (Å²) in [5.74, 6) is 2.01. The van der Waals surface area contributed by atoms with Crippen molar-refractivity contribution in [1.82, 2.24) is 0 Å². The van der Waals surface area contributed by atoms with E-state index < -0.39 is 0 Å². The number of furan rings is 1. The molecule has 0 amide bonds. The predicted octanol–water partition coefficient (Wildman–Crippen LogP) is 7.87. The predicted molar refractivity (Wildman–Crippen MR) is 132 cm³/mol. The first kappa shape index (κ1) is 20.6. The van der Waals surface area contributed by atoms with Crippen molar-refractivity contribution in [3.05, 3.63) is 106 Å². The first-order valence-corrected chi connectivity index (χ1v) is 12.3. The van der Waals surface area contributed by atoms with Crippen LogP contribution >= 0.6 is 23.4 Å². The summed E-state index contributed by atoms with van der Waals surface area (Å²) in [4.78, 5) is 12.0. The van der Waals surface area contributed by atoms with Crippen molar-refractivity contribution >= 4 is 29.1 Å². The summed E-state index contributed by atoms with van der Waals surface area (Å²) in [6.07, 6.45) is 0.838. The lowest BCUT2D eigenvalue weighted by Crippen LogP contribution is -2.13. The summed E-state index contributed by atoms with van der Waals surface area (Å²) < 4.78 is 6.57. The Morgan fingerprint density at radius 2 is 1.42 bits per heavy atom. The standard InChI is InChI=1S/C27H20ClNO3S/c28-19-15-18-22-24(23(19)27(18)33-21-14-8-7-13-20(21)29(30)31)26(17-11-5-2-6-12-17)32-25(22)16-9-3-1-4-10-16/h1-14,18-19,23,27H,15H2/t18-,19+,23+,27-/m0/s1. The lowest BCUT2D eigenvalue weighted by molar-refractivity contribution is -0.387. The number of benzene rings is 3. The fourth-order valence-corrected chi connectivity index (χ4v) is 7.54. The number of hydrogen-bond donors (Lipinski definition) is 0. The largest absolute Gasteiger partial charge is 0.455 e. The van der Waals surface area contributed by atoms with E-state index in [9.17, 15) is 10.1 Å². The molecule has 0 aliphatic heterocycles. The fraction of sp³-hybridized carbons (Fsp3) is 0.185. The van der Waals surface area contributed by atoms with Crippen molar-refractivity contribution in [3.63, 3.8) is 0 Å². The number of rotatable bonds is 5. The van der Waals surface area contributed by atoms with Gasteiger partial charge in [0.25, 0.3) is 5.69 Å². The Bertz CT molecular complexity index is 1340. The van der Waals surface area contributed by atoms with E-state index in [0.717, 1.165) is 29.1 Å². The molecule has 0 spiro atoms. The van der Waals surface area contributed by atoms with Gasteiger partial charge in [-0.25, -0.2) is 0 Å². The van der Waals surface area contributed by atoms with Crippen LogP contribution < -0.4 is 0 Å². The Morgan fingerprint density at radius 3 is 2.06 bits per heavy atom. The van der Waals surface area contributed by atoms with E-state index in [1.165, 1.54) is 11.1 Å². The van der Waals surface area contributed by atoms with Gasteiger partial charge in [-0.3, -0.25) is 10.1 Å². The van der Waals surface area contributed by atoms with E-state index in [-0.39, 0.29) is 33.1 Å². The van der Waals surface area contributed by atoms with E-state index in [4.69, 9.17) is 16.0 Å². The summed E-state index contributed by atoms with van der Waals surface area (Å²) in [5, 5.41) is 11.7. The molecule has 2 bridgehead atoms. The maximum atomic E-state index is 11.6. The van der Waals surface area contributed by atoms with Crippen molar-refractivity contribution in [2.75, 3.05) is 0 Å². The second-order valence-corrected chi connectivity index (χ2v) is 10.3. The molecule has 33 heavy (non-hydrogen) atoms. The third-order valence-corrected chi connectivity index (χ3v) is 8.65. The number of thioether (sulfide) groups is 1. The summed E-state index contributed by atoms with van der Waals surface area (Å²) in [6.45, 7) is 0. The molecule has 4 aromatic rings. The Morgan fingerprint density at radius 1 is 0.848 bits per heavy atom. The van der Waals surface area contributed by atoms with Crippen molar-refractivity contribution in [1.29, 1.82) is 0 Å². The van der Waals surface area contributed by atoms with E-state index in [0.29, 0.717) is 4.90 Å². The molecule has 2 aliphatic carbocycles. The van der Waals surface area contributed by atoms with E-state index in [2.05, 4.69) is 24.3 Å². The summed E-state index contributed by atoms with van der Waals surface area (Å²) in [7, 11) is 0. The second kappa shape index (κ2) is 8.08. The number of hydrogen-bond acceptors (Lipinski definition) is 4. The minimum Gasteiger partial charge on any atom is -0.455 e. The average molecular weight is 474 g/mol. The van der Waals surface area contributed by atoms with E-state index in [1.54, 1.807) is 23.9 Å². The highest BCUT2D eigenvalue weighted by Gasteiger charge is 2.55. The maximum absolute atomic E-state index is 11.6. The zero-order valence-electron chi connectivity index (χ0n) is 17.6. The maximum Gasteiger partial charge on any atom is 0.282 e. The number of nitro groups is 1. The van der Waals surface area contributed by atoms with Gasteiger partial charge in [-0.2, -0.15) is 0 Å². The van der Waals surface area contributed by atoms with Crippen LogP contribution in [0.3, 0.4) is 0 Å². The van der Waals surface area contributed by atoms with Gasteiger partial charge in [-0.15, -0.1) is 23.4 Å². The molecule has 0 N–H and O–H groups in total. The molecular formula is C27H20ClNO3S. The number of alkyl halides is 1. The lowest BCUT2D eigenvalue weighted by Gasteiger charge is -2.19. The minimum atomic E-state index is -0.301. The molecule has 0 unspecified atom stereocenters. The van der Waals surface area contributed by atoms with Crippen LogP contribution in [0.4, 0.5) is 5.69 Å². The van der Waals surface area contributed by atoms with E-state index in [1.807, 2.05) is 48.5 Å². The van der Waals surface area contributed by atoms with Crippen LogP contribution in [0.25, 0.3) is 22.6 Å². The highest BCUT2D eigenvalue weighted by atomic mass is 35.5. The van der Waals surface area contributed by atoms with Gasteiger partial charge in [0.05, 0.1) is 9.82 Å². The van der Waals surface area contributed by atoms with Crippen LogP contribution in [0.1, 0.15) is 29.4 Å². The van der Waals surface area contributed by atoms with Crippen LogP contribution in [0.5, 0.6) is 0 Å². The SMILES string of the molecule is O=[N+]([O-])c1ccccc1S[C@@H]1[C@H]2c3c(-c4ccccc4)oc(-c4ccccc4)c3[C@@H]1C[C@H]2Cl. The summed E-state index contributed by atoms with van der Waals surface area (Å²) in [6, 6.07) is 27.3. The van der Waals surface area contributed by atoms with Crippen molar-refractivity contribution in [3.8, 4) is 22.6 Å². The molecular weight excluding hydrogens is 454 g/mol. The number of nitro benzene ring substituents is 1. The Kier molecular flexibility index (Phi) is 5.04. The third-order valence-electron chi connectivity index (χ3n) is 6.70. The number of para-hydroxylation sites is 1. The van der Waals surface area contributed by atoms with Gasteiger partial charge in [-0.1, -0.05) is 72.8 Å². The minimum absolute atomic E-state index is 0.0357. The van der Waals surface area contributed by atoms with E-state index >= 15 is 0 Å². The highest BCUT2D eigenvalue weighted by Crippen LogP contribution is 2.65. The molecule has 0 saturated heterocycles. The number of nitrogens with zero attached hydrogens (tertiary/aromatic N) is 1. The zero-order chi connectivity index (χ0) is 22.5. The zero-order valence-corrected chi connectivity index (χ0v) is 19.1. The Labute approximate surface area is 200 Å². The molecule has 2 aliphatic rings. The topological polar surface area (TPSA) is 56.3 Å². The van der Waals surface area contributed by atoms with Gasteiger partial charge in [0, 0.05) is 50.8 Å². The summed E-state index contributed by atoms with van der Waals surface area (Å²) >= 11 is 8.52. The van der Waals surface area contributed by atoms with Gasteiger partial charge >= 0.3 is 0 Å². The number of halogens is 1. The van der Waals surface area contributed by atoms with Gasteiger partial charge in [0.1, 0.15) is 11.5 Å². The molecule has 6 heteroatoms. The first-order chi connectivity index (χ1) is 16.1. The van der Waals surface area contributed by atoms with Crippen LogP contribution in [0, 0.1) is 10.1 Å². The fourth-order valence-electron chi connectivity index (χ4n) is 5.38. The van der Waals surface area contributed by atoms with Crippen LogP contribution in [-0.4, -0.2) is 15.6 Å². The smallest absolute Gasteiger partial charge is 0.282 e. The van der Waals surface area contributed by atoms with Gasteiger partial charge in [0.15, 0.2) is 0 Å². The number of fused-ring (bicyclic) bond motifs is 5. The second-order valence-electron chi connectivity index (χ2n) is 8.51. The van der Waals surface area contributed by atoms with Gasteiger partial charge < -0.3 is 4.42 Å². The highest BCUT2D eigenvalue weighted by molar-refractivity contribution is 8.00. The monoisotopic (exact) mass is 473 g/mol. The molecule has 3 aromatic carbocycles. The quantitative estimate of drug-likeness (QED) is 0.168. The molecule has 1 aromatic heterocycles. The first-order valence-electron chi connectivity index (χ1n) is 10.9. The van der Waals surface area contributed by atoms with Crippen molar-refractivity contribution in [2.45, 2.75) is 33.8 Å². The molecule has 1 heterocycles. The van der Waals surface area contributed by atoms with Gasteiger partial charge in [0.2, 0.25) is 0 Å². The third kappa shape index (κ3) is 3.30. The molecule has 4 nitrogen and oxygen atoms in total. The molecule has 6 rings (SSSR count). The molecule has 1 fully saturated rings. The van der Waals surface area contributed by atoms with Crippen LogP contribution in [-0.2, 0) is 0 Å². The molecule has 164 valence electrons. The average Bonchev–Trinajstić information content (AvgIpc) is 3.47.